The van der Waals surface area contributed by atoms with Crippen molar-refractivity contribution in [3.05, 3.63) is 91.0 Å². The van der Waals surface area contributed by atoms with Gasteiger partial charge in [0.25, 0.3) is 5.56 Å². The minimum Gasteiger partial charge on any atom is -0.266 e. The number of halogens is 1. The van der Waals surface area contributed by atoms with E-state index in [9.17, 15) is 4.79 Å². The molecule has 0 saturated heterocycles. The van der Waals surface area contributed by atoms with E-state index in [4.69, 9.17) is 11.6 Å². The molecule has 0 N–H and O–H groups in total. The highest BCUT2D eigenvalue weighted by atomic mass is 35.5. The number of hydrogen-bond acceptors (Lipinski definition) is 4. The van der Waals surface area contributed by atoms with E-state index in [2.05, 4.69) is 10.1 Å². The van der Waals surface area contributed by atoms with Crippen LogP contribution in [0, 0.1) is 6.92 Å². The van der Waals surface area contributed by atoms with Crippen molar-refractivity contribution in [1.82, 2.24) is 14.6 Å². The number of fused-ring (bicyclic) bond motifs is 1. The smallest absolute Gasteiger partial charge is 0.266 e. The Labute approximate surface area is 158 Å². The molecule has 0 saturated carbocycles. The van der Waals surface area contributed by atoms with Gasteiger partial charge in [-0.1, -0.05) is 71.0 Å². The first kappa shape index (κ1) is 16.7. The normalized spacial score (nSPS) is 12.5. The standard InChI is InChI=1S/C20H14ClN3OS/c1-13-2-4-15(5-3-13)12-17-19(25)24-20(26-17)22-18(23-24)11-8-14-6-9-16(21)10-7-14/h2-12H,1H3/b11-8+,17-12+. The molecule has 26 heavy (non-hydrogen) atoms. The molecule has 0 atom stereocenters. The Balaban J connectivity index is 1.66. The van der Waals surface area contributed by atoms with Crippen molar-refractivity contribution in [2.75, 3.05) is 0 Å². The van der Waals surface area contributed by atoms with Crippen molar-refractivity contribution in [2.24, 2.45) is 0 Å². The summed E-state index contributed by atoms with van der Waals surface area (Å²) in [6, 6.07) is 15.5. The van der Waals surface area contributed by atoms with E-state index in [0.717, 1.165) is 11.1 Å². The minimum absolute atomic E-state index is 0.149. The van der Waals surface area contributed by atoms with Crippen LogP contribution in [0.3, 0.4) is 0 Å². The van der Waals surface area contributed by atoms with Gasteiger partial charge in [0.15, 0.2) is 5.82 Å². The maximum absolute atomic E-state index is 12.5. The molecule has 0 aliphatic rings. The molecule has 0 fully saturated rings. The van der Waals surface area contributed by atoms with Gasteiger partial charge in [0, 0.05) is 5.02 Å². The summed E-state index contributed by atoms with van der Waals surface area (Å²) in [5.74, 6) is 0.505. The van der Waals surface area contributed by atoms with Crippen LogP contribution in [0.4, 0.5) is 0 Å². The van der Waals surface area contributed by atoms with Gasteiger partial charge in [-0.3, -0.25) is 4.79 Å². The third-order valence-electron chi connectivity index (χ3n) is 3.87. The molecule has 0 amide bonds. The Morgan fingerprint density at radius 3 is 2.38 bits per heavy atom. The van der Waals surface area contributed by atoms with E-state index in [0.29, 0.717) is 20.3 Å². The van der Waals surface area contributed by atoms with Crippen molar-refractivity contribution in [1.29, 1.82) is 0 Å². The van der Waals surface area contributed by atoms with Gasteiger partial charge in [-0.2, -0.15) is 9.50 Å². The van der Waals surface area contributed by atoms with Gasteiger partial charge in [-0.15, -0.1) is 5.10 Å². The molecule has 6 heteroatoms. The van der Waals surface area contributed by atoms with Crippen LogP contribution in [0.2, 0.25) is 5.02 Å². The zero-order chi connectivity index (χ0) is 18.1. The van der Waals surface area contributed by atoms with Crippen LogP contribution in [-0.2, 0) is 0 Å². The average Bonchev–Trinajstić information content (AvgIpc) is 3.16. The second kappa shape index (κ2) is 6.86. The molecule has 2 aromatic carbocycles. The molecular weight excluding hydrogens is 366 g/mol. The van der Waals surface area contributed by atoms with E-state index in [1.54, 1.807) is 6.08 Å². The highest BCUT2D eigenvalue weighted by Gasteiger charge is 2.08. The second-order valence-corrected chi connectivity index (χ2v) is 7.32. The quantitative estimate of drug-likeness (QED) is 0.543. The van der Waals surface area contributed by atoms with Crippen molar-refractivity contribution >= 4 is 46.1 Å². The Hall–Kier alpha value is -2.76. The predicted molar refractivity (Wildman–Crippen MR) is 107 cm³/mol. The van der Waals surface area contributed by atoms with Crippen LogP contribution in [0.25, 0.3) is 23.2 Å². The maximum atomic E-state index is 12.5. The molecule has 4 aromatic rings. The van der Waals surface area contributed by atoms with Crippen LogP contribution >= 0.6 is 22.9 Å². The molecule has 2 aromatic heterocycles. The molecule has 0 aliphatic carbocycles. The summed E-state index contributed by atoms with van der Waals surface area (Å²) >= 11 is 7.21. The van der Waals surface area contributed by atoms with Gasteiger partial charge >= 0.3 is 0 Å². The number of hydrogen-bond donors (Lipinski definition) is 0. The number of benzene rings is 2. The minimum atomic E-state index is -0.149. The van der Waals surface area contributed by atoms with E-state index in [1.807, 2.05) is 67.6 Å². The summed E-state index contributed by atoms with van der Waals surface area (Å²) in [6.07, 6.45) is 5.54. The number of thiazole rings is 1. The van der Waals surface area contributed by atoms with E-state index < -0.39 is 0 Å². The maximum Gasteiger partial charge on any atom is 0.291 e. The summed E-state index contributed by atoms with van der Waals surface area (Å²) in [7, 11) is 0. The van der Waals surface area contributed by atoms with E-state index >= 15 is 0 Å². The number of aryl methyl sites for hydroxylation is 1. The zero-order valence-electron chi connectivity index (χ0n) is 13.9. The molecule has 4 nitrogen and oxygen atoms in total. The van der Waals surface area contributed by atoms with Crippen LogP contribution in [0.5, 0.6) is 0 Å². The predicted octanol–water partition coefficient (Wildman–Crippen LogP) is 3.83. The van der Waals surface area contributed by atoms with Gasteiger partial charge in [-0.25, -0.2) is 0 Å². The topological polar surface area (TPSA) is 47.3 Å². The van der Waals surface area contributed by atoms with Crippen molar-refractivity contribution < 1.29 is 0 Å². The van der Waals surface area contributed by atoms with Crippen LogP contribution < -0.4 is 10.1 Å². The zero-order valence-corrected chi connectivity index (χ0v) is 15.5. The molecule has 0 unspecified atom stereocenters. The van der Waals surface area contributed by atoms with Gasteiger partial charge < -0.3 is 0 Å². The number of nitrogens with zero attached hydrogens (tertiary/aromatic N) is 3. The van der Waals surface area contributed by atoms with E-state index in [1.165, 1.54) is 21.4 Å². The number of aromatic nitrogens is 3. The summed E-state index contributed by atoms with van der Waals surface area (Å²) in [5.41, 5.74) is 3.01. The molecule has 2 heterocycles. The first-order valence-corrected chi connectivity index (χ1v) is 9.19. The summed E-state index contributed by atoms with van der Waals surface area (Å²) in [6.45, 7) is 2.03. The first-order valence-electron chi connectivity index (χ1n) is 8.00. The molecule has 0 radical (unpaired) electrons. The van der Waals surface area contributed by atoms with Crippen LogP contribution in [0.15, 0.2) is 53.3 Å². The SMILES string of the molecule is Cc1ccc(/C=c2/sc3nc(/C=C/c4ccc(Cl)cc4)nn3c2=O)cc1. The largest absolute Gasteiger partial charge is 0.291 e. The fraction of sp³-hybridized carbons (Fsp3) is 0.0500. The van der Waals surface area contributed by atoms with Gasteiger partial charge in [-0.05, 0) is 42.3 Å². The lowest BCUT2D eigenvalue weighted by atomic mass is 10.1. The fourth-order valence-electron chi connectivity index (χ4n) is 2.48. The van der Waals surface area contributed by atoms with Gasteiger partial charge in [0.2, 0.25) is 4.96 Å². The first-order chi connectivity index (χ1) is 12.6. The third kappa shape index (κ3) is 3.45. The Kier molecular flexibility index (Phi) is 4.41. The molecule has 128 valence electrons. The molecule has 0 bridgehead atoms. The van der Waals surface area contributed by atoms with Gasteiger partial charge in [0.05, 0.1) is 4.53 Å². The summed E-state index contributed by atoms with van der Waals surface area (Å²) in [4.78, 5) is 17.5. The van der Waals surface area contributed by atoms with E-state index in [-0.39, 0.29) is 5.56 Å². The molecule has 4 rings (SSSR count). The third-order valence-corrected chi connectivity index (χ3v) is 5.08. The Morgan fingerprint density at radius 2 is 1.69 bits per heavy atom. The highest BCUT2D eigenvalue weighted by Crippen LogP contribution is 2.12. The number of rotatable bonds is 3. The Bertz CT molecular complexity index is 1210. The average molecular weight is 380 g/mol. The second-order valence-electron chi connectivity index (χ2n) is 5.88. The van der Waals surface area contributed by atoms with Crippen LogP contribution in [0.1, 0.15) is 22.5 Å². The fourth-order valence-corrected chi connectivity index (χ4v) is 3.52. The Morgan fingerprint density at radius 1 is 1.00 bits per heavy atom. The summed E-state index contributed by atoms with van der Waals surface area (Å²) < 4.78 is 1.98. The molecule has 0 spiro atoms. The van der Waals surface area contributed by atoms with Crippen molar-refractivity contribution in [2.45, 2.75) is 6.92 Å². The summed E-state index contributed by atoms with van der Waals surface area (Å²) in [5, 5.41) is 4.98. The van der Waals surface area contributed by atoms with Gasteiger partial charge in [0.1, 0.15) is 0 Å². The lowest BCUT2D eigenvalue weighted by Crippen LogP contribution is -2.23. The molecule has 0 aliphatic heterocycles. The van der Waals surface area contributed by atoms with Crippen LogP contribution in [-0.4, -0.2) is 14.6 Å². The van der Waals surface area contributed by atoms with Crippen molar-refractivity contribution in [3.8, 4) is 0 Å². The lowest BCUT2D eigenvalue weighted by Gasteiger charge is -1.92. The monoisotopic (exact) mass is 379 g/mol. The molecular formula is C20H14ClN3OS. The van der Waals surface area contributed by atoms with Crippen molar-refractivity contribution in [3.63, 3.8) is 0 Å². The highest BCUT2D eigenvalue weighted by molar-refractivity contribution is 7.15. The lowest BCUT2D eigenvalue weighted by molar-refractivity contribution is 0.925.